The van der Waals surface area contributed by atoms with Crippen molar-refractivity contribution >= 4 is 0 Å². The van der Waals surface area contributed by atoms with Gasteiger partial charge in [0, 0.05) is 12.6 Å². The maximum Gasteiger partial charge on any atom is 0.110 e. The van der Waals surface area contributed by atoms with Crippen molar-refractivity contribution in [3.63, 3.8) is 0 Å². The van der Waals surface area contributed by atoms with Gasteiger partial charge in [-0.05, 0) is 24.9 Å². The highest BCUT2D eigenvalue weighted by molar-refractivity contribution is 5.19. The number of aliphatic hydroxyl groups is 1. The first kappa shape index (κ1) is 13.8. The van der Waals surface area contributed by atoms with E-state index < -0.39 is 6.23 Å². The molecule has 0 saturated heterocycles. The van der Waals surface area contributed by atoms with Crippen molar-refractivity contribution in [1.82, 2.24) is 15.3 Å². The molecular formula is C15H21N3O. The summed E-state index contributed by atoms with van der Waals surface area (Å²) in [5, 5.41) is 12.6. The van der Waals surface area contributed by atoms with E-state index >= 15 is 0 Å². The highest BCUT2D eigenvalue weighted by atomic mass is 16.3. The minimum atomic E-state index is -0.445. The average molecular weight is 259 g/mol. The molecule has 1 atom stereocenters. The van der Waals surface area contributed by atoms with Gasteiger partial charge in [0.15, 0.2) is 0 Å². The lowest BCUT2D eigenvalue weighted by Gasteiger charge is -2.09. The van der Waals surface area contributed by atoms with Crippen LogP contribution in [0.2, 0.25) is 0 Å². The summed E-state index contributed by atoms with van der Waals surface area (Å²) in [5.41, 5.74) is 2.25. The topological polar surface area (TPSA) is 60.9 Å². The average Bonchev–Trinajstić information content (AvgIpc) is 2.86. The maximum absolute atomic E-state index is 9.60. The fraction of sp³-hybridized carbons (Fsp3) is 0.400. The number of aliphatic hydroxyl groups excluding tert-OH is 1. The number of aryl methyl sites for hydroxylation is 1. The van der Waals surface area contributed by atoms with Crippen LogP contribution in [0.25, 0.3) is 0 Å². The summed E-state index contributed by atoms with van der Waals surface area (Å²) in [6.45, 7) is 2.76. The molecule has 1 aromatic carbocycles. The fourth-order valence-electron chi connectivity index (χ4n) is 2.03. The molecule has 0 aliphatic carbocycles. The zero-order valence-electron chi connectivity index (χ0n) is 11.3. The number of aromatic nitrogens is 2. The first-order valence-electron chi connectivity index (χ1n) is 6.76. The minimum absolute atomic E-state index is 0.445. The normalized spacial score (nSPS) is 12.5. The van der Waals surface area contributed by atoms with Crippen LogP contribution in [0.1, 0.15) is 30.4 Å². The number of imidazole rings is 1. The Labute approximate surface area is 113 Å². The molecule has 4 heteroatoms. The number of benzene rings is 1. The number of hydrogen-bond donors (Lipinski definition) is 3. The number of hydrogen-bond acceptors (Lipinski definition) is 3. The first-order valence-corrected chi connectivity index (χ1v) is 6.76. The Hall–Kier alpha value is -1.65. The van der Waals surface area contributed by atoms with Gasteiger partial charge in [-0.15, -0.1) is 0 Å². The van der Waals surface area contributed by atoms with E-state index in [9.17, 15) is 5.11 Å². The Morgan fingerprint density at radius 2 is 2.11 bits per heavy atom. The van der Waals surface area contributed by atoms with Crippen LogP contribution >= 0.6 is 0 Å². The molecular weight excluding hydrogens is 238 g/mol. The lowest BCUT2D eigenvalue weighted by molar-refractivity contribution is 0.130. The van der Waals surface area contributed by atoms with Crippen LogP contribution < -0.4 is 5.32 Å². The standard InChI is InChI=1S/C15H21N3O/c1-2-16-15(19)9-8-13-11-17-14(18-13)10-12-6-4-3-5-7-12/h3-7,11,15-16,19H,2,8-10H2,1H3,(H,17,18). The monoisotopic (exact) mass is 259 g/mol. The van der Waals surface area contributed by atoms with Crippen LogP contribution in [-0.2, 0) is 12.8 Å². The van der Waals surface area contributed by atoms with Crippen molar-refractivity contribution in [2.45, 2.75) is 32.4 Å². The van der Waals surface area contributed by atoms with Crippen molar-refractivity contribution in [1.29, 1.82) is 0 Å². The van der Waals surface area contributed by atoms with Crippen LogP contribution in [0.5, 0.6) is 0 Å². The number of aromatic amines is 1. The summed E-state index contributed by atoms with van der Waals surface area (Å²) in [7, 11) is 0. The zero-order chi connectivity index (χ0) is 13.5. The predicted molar refractivity (Wildman–Crippen MR) is 75.8 cm³/mol. The second-order valence-corrected chi connectivity index (χ2v) is 4.61. The van der Waals surface area contributed by atoms with E-state index in [1.165, 1.54) is 5.56 Å². The van der Waals surface area contributed by atoms with Crippen molar-refractivity contribution in [2.75, 3.05) is 6.54 Å². The van der Waals surface area contributed by atoms with Gasteiger partial charge in [-0.1, -0.05) is 37.3 Å². The Kier molecular flexibility index (Phi) is 5.12. The van der Waals surface area contributed by atoms with Crippen molar-refractivity contribution in [2.24, 2.45) is 0 Å². The van der Waals surface area contributed by atoms with Gasteiger partial charge in [-0.25, -0.2) is 4.98 Å². The minimum Gasteiger partial charge on any atom is -0.379 e. The quantitative estimate of drug-likeness (QED) is 0.665. The van der Waals surface area contributed by atoms with Gasteiger partial charge in [0.2, 0.25) is 0 Å². The molecule has 2 rings (SSSR count). The van der Waals surface area contributed by atoms with Gasteiger partial charge in [-0.3, -0.25) is 5.32 Å². The third-order valence-corrected chi connectivity index (χ3v) is 3.01. The molecule has 0 saturated carbocycles. The summed E-state index contributed by atoms with van der Waals surface area (Å²) in [6.07, 6.45) is 3.76. The molecule has 2 aromatic rings. The van der Waals surface area contributed by atoms with Crippen LogP contribution in [-0.4, -0.2) is 27.8 Å². The second-order valence-electron chi connectivity index (χ2n) is 4.61. The summed E-state index contributed by atoms with van der Waals surface area (Å²) in [4.78, 5) is 7.74. The molecule has 0 radical (unpaired) electrons. The van der Waals surface area contributed by atoms with Crippen molar-refractivity contribution in [3.05, 3.63) is 53.6 Å². The molecule has 0 amide bonds. The molecule has 0 aliphatic heterocycles. The molecule has 4 nitrogen and oxygen atoms in total. The lowest BCUT2D eigenvalue weighted by atomic mass is 10.1. The van der Waals surface area contributed by atoms with Crippen molar-refractivity contribution < 1.29 is 5.11 Å². The van der Waals surface area contributed by atoms with E-state index in [0.717, 1.165) is 30.9 Å². The van der Waals surface area contributed by atoms with Crippen molar-refractivity contribution in [3.8, 4) is 0 Å². The molecule has 0 bridgehead atoms. The molecule has 0 fully saturated rings. The van der Waals surface area contributed by atoms with Crippen LogP contribution in [0.4, 0.5) is 0 Å². The predicted octanol–water partition coefficient (Wildman–Crippen LogP) is 1.86. The molecule has 102 valence electrons. The molecule has 1 heterocycles. The zero-order valence-corrected chi connectivity index (χ0v) is 11.3. The van der Waals surface area contributed by atoms with E-state index in [1.807, 2.05) is 31.3 Å². The molecule has 0 spiro atoms. The maximum atomic E-state index is 9.60. The number of rotatable bonds is 7. The Morgan fingerprint density at radius 3 is 2.84 bits per heavy atom. The fourth-order valence-corrected chi connectivity index (χ4v) is 2.03. The van der Waals surface area contributed by atoms with Gasteiger partial charge in [0.05, 0.1) is 5.69 Å². The third-order valence-electron chi connectivity index (χ3n) is 3.01. The smallest absolute Gasteiger partial charge is 0.110 e. The summed E-state index contributed by atoms with van der Waals surface area (Å²) in [5.74, 6) is 0.971. The second kappa shape index (κ2) is 7.07. The van der Waals surface area contributed by atoms with E-state index in [2.05, 4.69) is 27.4 Å². The molecule has 3 N–H and O–H groups in total. The van der Waals surface area contributed by atoms with E-state index in [1.54, 1.807) is 0 Å². The SMILES string of the molecule is CCNC(O)CCc1c[nH]c(Cc2ccccc2)n1. The number of H-pyrrole nitrogens is 1. The van der Waals surface area contributed by atoms with Gasteiger partial charge in [0.25, 0.3) is 0 Å². The summed E-state index contributed by atoms with van der Waals surface area (Å²) >= 11 is 0. The Bertz CT molecular complexity index is 481. The van der Waals surface area contributed by atoms with Crippen LogP contribution in [0.15, 0.2) is 36.5 Å². The highest BCUT2D eigenvalue weighted by Gasteiger charge is 2.06. The lowest BCUT2D eigenvalue weighted by Crippen LogP contribution is -2.28. The van der Waals surface area contributed by atoms with Crippen LogP contribution in [0.3, 0.4) is 0 Å². The summed E-state index contributed by atoms with van der Waals surface area (Å²) in [6, 6.07) is 10.3. The highest BCUT2D eigenvalue weighted by Crippen LogP contribution is 2.08. The van der Waals surface area contributed by atoms with Gasteiger partial charge < -0.3 is 10.1 Å². The first-order chi connectivity index (χ1) is 9.28. The van der Waals surface area contributed by atoms with E-state index in [4.69, 9.17) is 0 Å². The molecule has 1 aromatic heterocycles. The van der Waals surface area contributed by atoms with Gasteiger partial charge >= 0.3 is 0 Å². The molecule has 1 unspecified atom stereocenters. The Balaban J connectivity index is 1.85. The third kappa shape index (κ3) is 4.50. The largest absolute Gasteiger partial charge is 0.379 e. The number of nitrogens with zero attached hydrogens (tertiary/aromatic N) is 1. The number of nitrogens with one attached hydrogen (secondary N) is 2. The van der Waals surface area contributed by atoms with Gasteiger partial charge in [-0.2, -0.15) is 0 Å². The molecule has 19 heavy (non-hydrogen) atoms. The van der Waals surface area contributed by atoms with E-state index in [-0.39, 0.29) is 0 Å². The molecule has 0 aliphatic rings. The Morgan fingerprint density at radius 1 is 1.32 bits per heavy atom. The van der Waals surface area contributed by atoms with E-state index in [0.29, 0.717) is 6.42 Å². The van der Waals surface area contributed by atoms with Crippen LogP contribution in [0, 0.1) is 0 Å². The van der Waals surface area contributed by atoms with Gasteiger partial charge in [0.1, 0.15) is 12.1 Å². The summed E-state index contributed by atoms with van der Waals surface area (Å²) < 4.78 is 0.